The molecule has 6 heteroatoms. The molecule has 2 amide bonds. The third kappa shape index (κ3) is 6.08. The number of amides is 2. The molecule has 1 aliphatic rings. The molecule has 2 N–H and O–H groups in total. The van der Waals surface area contributed by atoms with Gasteiger partial charge in [-0.3, -0.25) is 0 Å². The Hall–Kier alpha value is -1.79. The van der Waals surface area contributed by atoms with Gasteiger partial charge in [-0.25, -0.2) is 4.79 Å². The highest BCUT2D eigenvalue weighted by molar-refractivity contribution is 5.89. The molecule has 0 atom stereocenters. The number of ether oxygens (including phenoxy) is 1. The first-order valence-corrected chi connectivity index (χ1v) is 8.15. The average Bonchev–Trinajstić information content (AvgIpc) is 2.54. The van der Waals surface area contributed by atoms with Crippen molar-refractivity contribution in [2.45, 2.75) is 18.9 Å². The second-order valence-corrected chi connectivity index (χ2v) is 6.25. The van der Waals surface area contributed by atoms with Crippen LogP contribution in [0.2, 0.25) is 0 Å². The maximum atomic E-state index is 12.1. The molecule has 0 radical (unpaired) electrons. The Balaban J connectivity index is 1.72. The molecule has 128 valence electrons. The minimum absolute atomic E-state index is 0.148. The lowest BCUT2D eigenvalue weighted by atomic mass is 10.1. The van der Waals surface area contributed by atoms with E-state index < -0.39 is 0 Å². The minimum atomic E-state index is -0.148. The number of anilines is 1. The first-order chi connectivity index (χ1) is 11.1. The summed E-state index contributed by atoms with van der Waals surface area (Å²) in [7, 11) is 5.80. The van der Waals surface area contributed by atoms with Crippen LogP contribution in [-0.2, 0) is 0 Å². The fourth-order valence-electron chi connectivity index (χ4n) is 2.70. The van der Waals surface area contributed by atoms with Gasteiger partial charge in [-0.15, -0.1) is 0 Å². The maximum Gasteiger partial charge on any atom is 0.319 e. The van der Waals surface area contributed by atoms with Gasteiger partial charge in [0.05, 0.1) is 7.11 Å². The van der Waals surface area contributed by atoms with Gasteiger partial charge < -0.3 is 25.2 Å². The fourth-order valence-corrected chi connectivity index (χ4v) is 2.70. The van der Waals surface area contributed by atoms with Crippen LogP contribution in [0.5, 0.6) is 5.75 Å². The molecular formula is C17H28N4O2. The Morgan fingerprint density at radius 3 is 2.74 bits per heavy atom. The number of nitrogens with one attached hydrogen (secondary N) is 2. The second-order valence-electron chi connectivity index (χ2n) is 6.25. The zero-order valence-electron chi connectivity index (χ0n) is 14.3. The first kappa shape index (κ1) is 17.6. The number of benzene rings is 1. The van der Waals surface area contributed by atoms with E-state index in [9.17, 15) is 4.79 Å². The number of methoxy groups -OCH3 is 1. The van der Waals surface area contributed by atoms with Gasteiger partial charge in [0.1, 0.15) is 5.75 Å². The topological polar surface area (TPSA) is 56.8 Å². The molecule has 1 aromatic rings. The average molecular weight is 320 g/mol. The lowest BCUT2D eigenvalue weighted by molar-refractivity contribution is 0.182. The lowest BCUT2D eigenvalue weighted by Crippen LogP contribution is -2.47. The van der Waals surface area contributed by atoms with Crippen molar-refractivity contribution in [3.05, 3.63) is 24.3 Å². The predicted octanol–water partition coefficient (Wildman–Crippen LogP) is 1.84. The van der Waals surface area contributed by atoms with Crippen molar-refractivity contribution in [2.24, 2.45) is 0 Å². The normalized spacial score (nSPS) is 16.3. The maximum absolute atomic E-state index is 12.1. The molecule has 6 nitrogen and oxygen atoms in total. The molecule has 1 aromatic carbocycles. The standard InChI is InChI=1S/C17H28N4O2/c1-20(2)11-12-21-9-7-14(8-10-21)18-17(22)19-15-5-4-6-16(13-15)23-3/h4-6,13-14H,7-12H2,1-3H3,(H2,18,19,22). The molecular weight excluding hydrogens is 292 g/mol. The molecule has 23 heavy (non-hydrogen) atoms. The largest absolute Gasteiger partial charge is 0.497 e. The van der Waals surface area contributed by atoms with Gasteiger partial charge in [-0.05, 0) is 39.1 Å². The van der Waals surface area contributed by atoms with Gasteiger partial charge in [-0.2, -0.15) is 0 Å². The van der Waals surface area contributed by atoms with E-state index in [0.717, 1.165) is 50.5 Å². The number of carbonyl (C=O) groups excluding carboxylic acids is 1. The number of rotatable bonds is 6. The highest BCUT2D eigenvalue weighted by atomic mass is 16.5. The van der Waals surface area contributed by atoms with Gasteiger partial charge in [0.15, 0.2) is 0 Å². The van der Waals surface area contributed by atoms with E-state index in [0.29, 0.717) is 0 Å². The van der Waals surface area contributed by atoms with Crippen LogP contribution in [0.4, 0.5) is 10.5 Å². The zero-order chi connectivity index (χ0) is 16.7. The zero-order valence-corrected chi connectivity index (χ0v) is 14.3. The van der Waals surface area contributed by atoms with E-state index in [2.05, 4.69) is 34.5 Å². The second kappa shape index (κ2) is 8.74. The Bertz CT molecular complexity index is 499. The summed E-state index contributed by atoms with van der Waals surface area (Å²) in [5, 5.41) is 5.93. The molecule has 1 saturated heterocycles. The third-order valence-electron chi connectivity index (χ3n) is 4.11. The van der Waals surface area contributed by atoms with Crippen LogP contribution in [-0.4, -0.2) is 69.3 Å². The molecule has 1 heterocycles. The van der Waals surface area contributed by atoms with E-state index in [1.807, 2.05) is 24.3 Å². The molecule has 0 saturated carbocycles. The summed E-state index contributed by atoms with van der Waals surface area (Å²) in [5.74, 6) is 0.733. The molecule has 0 aromatic heterocycles. The first-order valence-electron chi connectivity index (χ1n) is 8.15. The van der Waals surface area contributed by atoms with Gasteiger partial charge >= 0.3 is 6.03 Å². The molecule has 0 unspecified atom stereocenters. The van der Waals surface area contributed by atoms with Gasteiger partial charge in [0, 0.05) is 44.0 Å². The van der Waals surface area contributed by atoms with Crippen LogP contribution in [0.1, 0.15) is 12.8 Å². The van der Waals surface area contributed by atoms with E-state index in [1.54, 1.807) is 7.11 Å². The Kier molecular flexibility index (Phi) is 6.67. The number of hydrogen-bond acceptors (Lipinski definition) is 4. The molecule has 1 fully saturated rings. The van der Waals surface area contributed by atoms with Crippen molar-refractivity contribution in [3.63, 3.8) is 0 Å². The predicted molar refractivity (Wildman–Crippen MR) is 93.2 cm³/mol. The van der Waals surface area contributed by atoms with E-state index >= 15 is 0 Å². The van der Waals surface area contributed by atoms with Crippen LogP contribution in [0, 0.1) is 0 Å². The highest BCUT2D eigenvalue weighted by Gasteiger charge is 2.20. The van der Waals surface area contributed by atoms with Gasteiger partial charge in [0.25, 0.3) is 0 Å². The van der Waals surface area contributed by atoms with E-state index in [-0.39, 0.29) is 12.1 Å². The van der Waals surface area contributed by atoms with Crippen molar-refractivity contribution in [1.82, 2.24) is 15.1 Å². The van der Waals surface area contributed by atoms with E-state index in [1.165, 1.54) is 0 Å². The monoisotopic (exact) mass is 320 g/mol. The van der Waals surface area contributed by atoms with Crippen LogP contribution in [0.3, 0.4) is 0 Å². The summed E-state index contributed by atoms with van der Waals surface area (Å²) < 4.78 is 5.16. The van der Waals surface area contributed by atoms with Crippen LogP contribution in [0.15, 0.2) is 24.3 Å². The number of hydrogen-bond donors (Lipinski definition) is 2. The Labute approximate surface area is 138 Å². The minimum Gasteiger partial charge on any atom is -0.497 e. The van der Waals surface area contributed by atoms with Crippen molar-refractivity contribution >= 4 is 11.7 Å². The molecule has 1 aliphatic heterocycles. The summed E-state index contributed by atoms with van der Waals surface area (Å²) in [5.41, 5.74) is 0.741. The van der Waals surface area contributed by atoms with Crippen LogP contribution < -0.4 is 15.4 Å². The Morgan fingerprint density at radius 2 is 2.09 bits per heavy atom. The number of piperidine rings is 1. The highest BCUT2D eigenvalue weighted by Crippen LogP contribution is 2.17. The van der Waals surface area contributed by atoms with Gasteiger partial charge in [0.2, 0.25) is 0 Å². The van der Waals surface area contributed by atoms with Crippen LogP contribution >= 0.6 is 0 Å². The Morgan fingerprint density at radius 1 is 1.35 bits per heavy atom. The SMILES string of the molecule is COc1cccc(NC(=O)NC2CCN(CCN(C)C)CC2)c1. The number of likely N-dealkylation sites (N-methyl/N-ethyl adjacent to an activating group) is 1. The number of urea groups is 1. The summed E-state index contributed by atoms with van der Waals surface area (Å²) >= 11 is 0. The molecule has 0 bridgehead atoms. The molecule has 0 aliphatic carbocycles. The smallest absolute Gasteiger partial charge is 0.319 e. The quantitative estimate of drug-likeness (QED) is 0.840. The van der Waals surface area contributed by atoms with Gasteiger partial charge in [-0.1, -0.05) is 6.07 Å². The van der Waals surface area contributed by atoms with Crippen molar-refractivity contribution < 1.29 is 9.53 Å². The third-order valence-corrected chi connectivity index (χ3v) is 4.11. The van der Waals surface area contributed by atoms with E-state index in [4.69, 9.17) is 4.74 Å². The summed E-state index contributed by atoms with van der Waals surface area (Å²) in [6.45, 7) is 4.25. The molecule has 2 rings (SSSR count). The summed E-state index contributed by atoms with van der Waals surface area (Å²) in [6.07, 6.45) is 2.00. The number of nitrogens with zero attached hydrogens (tertiary/aromatic N) is 2. The van der Waals surface area contributed by atoms with Crippen molar-refractivity contribution in [2.75, 3.05) is 52.7 Å². The summed E-state index contributed by atoms with van der Waals surface area (Å²) in [4.78, 5) is 16.8. The number of carbonyl (C=O) groups is 1. The summed E-state index contributed by atoms with van der Waals surface area (Å²) in [6, 6.07) is 7.47. The van der Waals surface area contributed by atoms with Crippen LogP contribution in [0.25, 0.3) is 0 Å². The van der Waals surface area contributed by atoms with Crippen molar-refractivity contribution in [1.29, 1.82) is 0 Å². The fraction of sp³-hybridized carbons (Fsp3) is 0.588. The molecule has 0 spiro atoms. The number of likely N-dealkylation sites (tertiary alicyclic amines) is 1. The van der Waals surface area contributed by atoms with Crippen molar-refractivity contribution in [3.8, 4) is 5.75 Å². The lowest BCUT2D eigenvalue weighted by Gasteiger charge is -2.32.